The second-order valence-corrected chi connectivity index (χ2v) is 21.4. The number of para-hydroxylation sites is 2. The van der Waals surface area contributed by atoms with Gasteiger partial charge in [-0.2, -0.15) is 21.4 Å². The lowest BCUT2D eigenvalue weighted by Gasteiger charge is -2.29. The van der Waals surface area contributed by atoms with Crippen molar-refractivity contribution in [2.45, 2.75) is 61.2 Å². The number of hydrogen-bond donors (Lipinski definition) is 2. The molecule has 0 atom stereocenters. The second kappa shape index (κ2) is 18.0. The molecule has 3 aliphatic rings. The molecule has 6 aromatic rings. The van der Waals surface area contributed by atoms with Crippen LogP contribution in [-0.2, 0) is 40.5 Å². The van der Waals surface area contributed by atoms with Crippen LogP contribution >= 0.6 is 0 Å². The lowest BCUT2D eigenvalue weighted by molar-refractivity contribution is -0.441. The molecule has 0 bridgehead atoms. The zero-order valence-electron chi connectivity index (χ0n) is 39.1. The Morgan fingerprint density at radius 3 is 1.81 bits per heavy atom. The Morgan fingerprint density at radius 2 is 1.24 bits per heavy atom. The Morgan fingerprint density at radius 1 is 0.662 bits per heavy atom. The maximum absolute atomic E-state index is 12.1. The number of benzene rings is 6. The van der Waals surface area contributed by atoms with Gasteiger partial charge in [-0.25, -0.2) is 0 Å². The third kappa shape index (κ3) is 8.41. The SMILES string of the molecule is COCCN1/C(=C\C=C2/CCC(/C=C/C3=[N+](CCOC)c4ccc5cc(S(=O)(=O)O)ccc5c4C3(C)C)=C2N(c2ccccc2)c2ccccc2)C(C)(C)c2c1ccc1cc(S(=O)(=O)O)ccc21. The minimum Gasteiger partial charge on any atom is -0.383 e. The van der Waals surface area contributed by atoms with Gasteiger partial charge in [-0.05, 0) is 132 Å². The number of allylic oxidation sites excluding steroid dienone is 7. The second-order valence-electron chi connectivity index (χ2n) is 18.5. The van der Waals surface area contributed by atoms with E-state index in [9.17, 15) is 25.9 Å². The molecule has 68 heavy (non-hydrogen) atoms. The number of anilines is 3. The summed E-state index contributed by atoms with van der Waals surface area (Å²) in [6, 6.07) is 38.3. The number of methoxy groups -OCH3 is 2. The average Bonchev–Trinajstić information content (AvgIpc) is 3.88. The van der Waals surface area contributed by atoms with Crippen LogP contribution in [0.2, 0.25) is 0 Å². The third-order valence-corrected chi connectivity index (χ3v) is 15.4. The fraction of sp³-hybridized carbons (Fsp3) is 0.255. The number of nitrogens with zero attached hydrogens (tertiary/aromatic N) is 3. The van der Waals surface area contributed by atoms with E-state index in [1.54, 1.807) is 26.4 Å². The van der Waals surface area contributed by atoms with E-state index in [1.165, 1.54) is 24.3 Å². The number of ether oxygens (including phenoxy) is 2. The molecule has 0 spiro atoms. The highest BCUT2D eigenvalue weighted by Crippen LogP contribution is 2.52. The first-order chi connectivity index (χ1) is 32.4. The van der Waals surface area contributed by atoms with Crippen LogP contribution in [0.5, 0.6) is 0 Å². The van der Waals surface area contributed by atoms with E-state index in [-0.39, 0.29) is 9.79 Å². The van der Waals surface area contributed by atoms with E-state index in [1.807, 2.05) is 36.4 Å². The van der Waals surface area contributed by atoms with Crippen molar-refractivity contribution < 1.29 is 40.0 Å². The Bertz CT molecular complexity index is 3330. The fourth-order valence-electron chi connectivity index (χ4n) is 10.6. The number of fused-ring (bicyclic) bond motifs is 6. The lowest BCUT2D eigenvalue weighted by Crippen LogP contribution is -2.29. The van der Waals surface area contributed by atoms with Crippen LogP contribution in [0, 0.1) is 0 Å². The van der Waals surface area contributed by atoms with Crippen molar-refractivity contribution in [3.8, 4) is 0 Å². The molecule has 2 aliphatic heterocycles. The minimum absolute atomic E-state index is 0.142. The van der Waals surface area contributed by atoms with Crippen molar-refractivity contribution in [3.63, 3.8) is 0 Å². The summed E-state index contributed by atoms with van der Waals surface area (Å²) in [5, 5.41) is 3.28. The van der Waals surface area contributed by atoms with Crippen molar-refractivity contribution in [1.29, 1.82) is 0 Å². The molecule has 11 nitrogen and oxygen atoms in total. The van der Waals surface area contributed by atoms with Crippen LogP contribution < -0.4 is 9.80 Å². The van der Waals surface area contributed by atoms with Crippen molar-refractivity contribution in [2.75, 3.05) is 50.3 Å². The van der Waals surface area contributed by atoms with Gasteiger partial charge < -0.3 is 19.3 Å². The van der Waals surface area contributed by atoms with Crippen molar-refractivity contribution in [3.05, 3.63) is 179 Å². The van der Waals surface area contributed by atoms with Gasteiger partial charge in [0.2, 0.25) is 5.69 Å². The molecule has 1 aliphatic carbocycles. The first-order valence-electron chi connectivity index (χ1n) is 22.7. The average molecular weight is 951 g/mol. The molecule has 0 radical (unpaired) electrons. The molecule has 0 saturated heterocycles. The summed E-state index contributed by atoms with van der Waals surface area (Å²) in [5.41, 5.74) is 10.7. The van der Waals surface area contributed by atoms with Crippen LogP contribution in [0.3, 0.4) is 0 Å². The summed E-state index contributed by atoms with van der Waals surface area (Å²) in [6.07, 6.45) is 10.5. The predicted molar refractivity (Wildman–Crippen MR) is 271 cm³/mol. The van der Waals surface area contributed by atoms with E-state index in [0.717, 1.165) is 96.5 Å². The Balaban J connectivity index is 1.21. The summed E-state index contributed by atoms with van der Waals surface area (Å²) in [6.45, 7) is 11.0. The van der Waals surface area contributed by atoms with Crippen LogP contribution in [0.15, 0.2) is 178 Å². The zero-order chi connectivity index (χ0) is 48.2. The van der Waals surface area contributed by atoms with E-state index in [0.29, 0.717) is 26.3 Å². The standard InChI is InChI=1S/C55H55N3O8S2/c1-54(2)49(56(31-33-65-5)47-27-19-39-35-43(67(59,60)61)23-25-45(39)51(47)54)29-21-37-17-18-38(53(37)58(41-13-9-7-10-14-41)42-15-11-8-12-16-42)22-30-50-55(3,4)52-46-26-24-44(68(62,63)64)36-40(46)20-28-48(52)57(50)32-34-66-6/h7-16,19-30,35-36H,17-18,31-34H2,1-6H3,(H-,59,60,61,62,63,64)/p+1. The van der Waals surface area contributed by atoms with Crippen molar-refractivity contribution in [1.82, 2.24) is 0 Å². The molecule has 350 valence electrons. The van der Waals surface area contributed by atoms with Gasteiger partial charge in [0, 0.05) is 66.6 Å². The molecule has 9 rings (SSSR count). The van der Waals surface area contributed by atoms with Gasteiger partial charge in [0.1, 0.15) is 6.61 Å². The summed E-state index contributed by atoms with van der Waals surface area (Å²) in [5.74, 6) is 0. The molecule has 0 aromatic heterocycles. The van der Waals surface area contributed by atoms with Gasteiger partial charge in [-0.3, -0.25) is 9.11 Å². The smallest absolute Gasteiger partial charge is 0.294 e. The number of rotatable bonds is 14. The van der Waals surface area contributed by atoms with Crippen LogP contribution in [-0.4, -0.2) is 76.8 Å². The molecular formula is C55H56N3O8S2+. The van der Waals surface area contributed by atoms with Crippen molar-refractivity contribution >= 4 is 70.2 Å². The lowest BCUT2D eigenvalue weighted by atomic mass is 9.79. The van der Waals surface area contributed by atoms with Gasteiger partial charge in [0.25, 0.3) is 20.2 Å². The summed E-state index contributed by atoms with van der Waals surface area (Å²) in [4.78, 5) is 4.36. The van der Waals surface area contributed by atoms with Crippen LogP contribution in [0.25, 0.3) is 21.5 Å². The Labute approximate surface area is 399 Å². The fourth-order valence-corrected chi connectivity index (χ4v) is 11.6. The third-order valence-electron chi connectivity index (χ3n) is 13.7. The Kier molecular flexibility index (Phi) is 12.4. The van der Waals surface area contributed by atoms with Gasteiger partial charge in [-0.1, -0.05) is 80.6 Å². The van der Waals surface area contributed by atoms with Crippen LogP contribution in [0.1, 0.15) is 51.7 Å². The highest BCUT2D eigenvalue weighted by molar-refractivity contribution is 7.86. The highest BCUT2D eigenvalue weighted by Gasteiger charge is 2.46. The summed E-state index contributed by atoms with van der Waals surface area (Å²) < 4.78 is 81.9. The predicted octanol–water partition coefficient (Wildman–Crippen LogP) is 11.2. The number of hydrogen-bond acceptors (Lipinski definition) is 8. The maximum Gasteiger partial charge on any atom is 0.294 e. The molecule has 0 saturated carbocycles. The molecule has 0 fully saturated rings. The maximum atomic E-state index is 12.1. The van der Waals surface area contributed by atoms with Gasteiger partial charge in [-0.15, -0.1) is 0 Å². The van der Waals surface area contributed by atoms with Gasteiger partial charge >= 0.3 is 0 Å². The summed E-state index contributed by atoms with van der Waals surface area (Å²) in [7, 11) is -5.38. The Hall–Kier alpha value is -6.19. The topological polar surface area (TPSA) is 137 Å². The van der Waals surface area contributed by atoms with E-state index in [4.69, 9.17) is 9.47 Å². The molecule has 0 amide bonds. The van der Waals surface area contributed by atoms with E-state index >= 15 is 0 Å². The van der Waals surface area contributed by atoms with Gasteiger partial charge in [0.05, 0.1) is 27.5 Å². The molecule has 6 aromatic carbocycles. The monoisotopic (exact) mass is 950 g/mol. The molecule has 2 heterocycles. The molecular weight excluding hydrogens is 895 g/mol. The molecule has 0 unspecified atom stereocenters. The normalized spacial score (nSPS) is 18.0. The quantitative estimate of drug-likeness (QED) is 0.0802. The highest BCUT2D eigenvalue weighted by atomic mass is 32.2. The summed E-state index contributed by atoms with van der Waals surface area (Å²) >= 11 is 0. The van der Waals surface area contributed by atoms with E-state index in [2.05, 4.69) is 115 Å². The first kappa shape index (κ1) is 46.9. The first-order valence-corrected chi connectivity index (χ1v) is 25.6. The molecule has 13 heteroatoms. The van der Waals surface area contributed by atoms with E-state index < -0.39 is 31.1 Å². The van der Waals surface area contributed by atoms with Gasteiger partial charge in [0.15, 0.2) is 12.3 Å². The zero-order valence-corrected chi connectivity index (χ0v) is 40.7. The minimum atomic E-state index is -4.39. The largest absolute Gasteiger partial charge is 0.383 e. The van der Waals surface area contributed by atoms with Crippen LogP contribution in [0.4, 0.5) is 22.7 Å². The molecule has 2 N–H and O–H groups in total. The van der Waals surface area contributed by atoms with Crippen molar-refractivity contribution in [2.24, 2.45) is 0 Å².